The Morgan fingerprint density at radius 2 is 1.71 bits per heavy atom. The van der Waals surface area contributed by atoms with Crippen LogP contribution in [0.3, 0.4) is 0 Å². The summed E-state index contributed by atoms with van der Waals surface area (Å²) in [6.45, 7) is 7.41. The van der Waals surface area contributed by atoms with Crippen molar-refractivity contribution in [2.24, 2.45) is 0 Å². The molecule has 0 spiro atoms. The number of carbonyl (C=O) groups excluding carboxylic acids is 1. The van der Waals surface area contributed by atoms with Crippen molar-refractivity contribution in [3.05, 3.63) is 70.5 Å². The van der Waals surface area contributed by atoms with Gasteiger partial charge in [0.15, 0.2) is 10.9 Å². The van der Waals surface area contributed by atoms with Gasteiger partial charge < -0.3 is 4.90 Å². The van der Waals surface area contributed by atoms with Crippen LogP contribution in [-0.4, -0.2) is 45.6 Å². The molecule has 0 radical (unpaired) electrons. The van der Waals surface area contributed by atoms with Gasteiger partial charge in [0.2, 0.25) is 0 Å². The Hall–Kier alpha value is -2.44. The van der Waals surface area contributed by atoms with E-state index in [-0.39, 0.29) is 17.1 Å². The highest BCUT2D eigenvalue weighted by molar-refractivity contribution is 7.99. The van der Waals surface area contributed by atoms with Crippen molar-refractivity contribution < 1.29 is 4.79 Å². The van der Waals surface area contributed by atoms with Gasteiger partial charge in [0, 0.05) is 18.7 Å². The maximum absolute atomic E-state index is 13.1. The number of rotatable bonds is 9. The second kappa shape index (κ2) is 9.66. The lowest BCUT2D eigenvalue weighted by molar-refractivity contribution is 0.102. The lowest BCUT2D eigenvalue weighted by Gasteiger charge is -2.20. The third kappa shape index (κ3) is 4.69. The maximum atomic E-state index is 13.1. The molecule has 0 aliphatic rings. The molecule has 5 nitrogen and oxygen atoms in total. The third-order valence-corrected chi connectivity index (χ3v) is 5.77. The number of ketones is 1. The van der Waals surface area contributed by atoms with Crippen molar-refractivity contribution in [1.82, 2.24) is 14.5 Å². The molecule has 146 valence electrons. The van der Waals surface area contributed by atoms with E-state index in [9.17, 15) is 9.59 Å². The molecule has 28 heavy (non-hydrogen) atoms. The number of hydrogen-bond donors (Lipinski definition) is 0. The van der Waals surface area contributed by atoms with E-state index in [1.54, 1.807) is 4.57 Å². The average Bonchev–Trinajstić information content (AvgIpc) is 2.74. The van der Waals surface area contributed by atoms with Crippen LogP contribution in [0, 0.1) is 0 Å². The molecule has 3 rings (SSSR count). The SMILES string of the molecule is CCN(CC)CCn1c(SCC(=O)c2ccccc2)nc2ccccc2c1=O. The van der Waals surface area contributed by atoms with Crippen LogP contribution in [0.2, 0.25) is 0 Å². The maximum Gasteiger partial charge on any atom is 0.262 e. The summed E-state index contributed by atoms with van der Waals surface area (Å²) in [7, 11) is 0. The van der Waals surface area contributed by atoms with Crippen LogP contribution in [-0.2, 0) is 6.54 Å². The molecule has 0 saturated heterocycles. The highest BCUT2D eigenvalue weighted by Crippen LogP contribution is 2.19. The third-order valence-electron chi connectivity index (χ3n) is 4.79. The first-order chi connectivity index (χ1) is 13.6. The molecule has 0 aliphatic carbocycles. The number of hydrogen-bond acceptors (Lipinski definition) is 5. The number of likely N-dealkylation sites (N-methyl/N-ethyl adjacent to an activating group) is 1. The lowest BCUT2D eigenvalue weighted by Crippen LogP contribution is -2.32. The Labute approximate surface area is 169 Å². The van der Waals surface area contributed by atoms with E-state index in [1.165, 1.54) is 11.8 Å². The Bertz CT molecular complexity index is 998. The van der Waals surface area contributed by atoms with Crippen molar-refractivity contribution in [3.63, 3.8) is 0 Å². The topological polar surface area (TPSA) is 55.2 Å². The van der Waals surface area contributed by atoms with Gasteiger partial charge in [-0.1, -0.05) is 68.1 Å². The Morgan fingerprint density at radius 3 is 2.43 bits per heavy atom. The molecule has 0 fully saturated rings. The van der Waals surface area contributed by atoms with E-state index >= 15 is 0 Å². The van der Waals surface area contributed by atoms with Gasteiger partial charge in [0.05, 0.1) is 16.7 Å². The van der Waals surface area contributed by atoms with E-state index in [4.69, 9.17) is 0 Å². The van der Waals surface area contributed by atoms with Gasteiger partial charge in [-0.3, -0.25) is 14.2 Å². The summed E-state index contributed by atoms with van der Waals surface area (Å²) in [5, 5.41) is 1.21. The van der Waals surface area contributed by atoms with Gasteiger partial charge in [-0.2, -0.15) is 0 Å². The predicted molar refractivity (Wildman–Crippen MR) is 115 cm³/mol. The summed E-state index contributed by atoms with van der Waals surface area (Å²) in [5.74, 6) is 0.281. The monoisotopic (exact) mass is 395 g/mol. The number of thioether (sulfide) groups is 1. The quantitative estimate of drug-likeness (QED) is 0.314. The Morgan fingerprint density at radius 1 is 1.04 bits per heavy atom. The molecule has 0 atom stereocenters. The van der Waals surface area contributed by atoms with Gasteiger partial charge in [-0.05, 0) is 25.2 Å². The van der Waals surface area contributed by atoms with Crippen molar-refractivity contribution in [2.75, 3.05) is 25.4 Å². The normalized spacial score (nSPS) is 11.2. The molecule has 0 N–H and O–H groups in total. The first-order valence-electron chi connectivity index (χ1n) is 9.57. The number of carbonyl (C=O) groups is 1. The van der Waals surface area contributed by atoms with E-state index < -0.39 is 0 Å². The number of nitrogens with zero attached hydrogens (tertiary/aromatic N) is 3. The van der Waals surface area contributed by atoms with Crippen molar-refractivity contribution in [3.8, 4) is 0 Å². The summed E-state index contributed by atoms with van der Waals surface area (Å²) in [4.78, 5) is 32.5. The highest BCUT2D eigenvalue weighted by Gasteiger charge is 2.14. The zero-order chi connectivity index (χ0) is 19.9. The number of benzene rings is 2. The number of para-hydroxylation sites is 1. The molecule has 0 saturated carbocycles. The molecule has 6 heteroatoms. The summed E-state index contributed by atoms with van der Waals surface area (Å²) >= 11 is 1.33. The zero-order valence-electron chi connectivity index (χ0n) is 16.3. The fraction of sp³-hybridized carbons (Fsp3) is 0.318. The molecule has 1 aromatic heterocycles. The van der Waals surface area contributed by atoms with Gasteiger partial charge in [0.1, 0.15) is 0 Å². The molecular weight excluding hydrogens is 370 g/mol. The fourth-order valence-corrected chi connectivity index (χ4v) is 3.99. The van der Waals surface area contributed by atoms with Gasteiger partial charge in [-0.25, -0.2) is 4.98 Å². The first-order valence-corrected chi connectivity index (χ1v) is 10.6. The summed E-state index contributed by atoms with van der Waals surface area (Å²) < 4.78 is 1.71. The zero-order valence-corrected chi connectivity index (χ0v) is 17.1. The molecule has 2 aromatic carbocycles. The van der Waals surface area contributed by atoms with E-state index in [0.717, 1.165) is 19.6 Å². The molecule has 0 amide bonds. The van der Waals surface area contributed by atoms with Gasteiger partial charge >= 0.3 is 0 Å². The second-order valence-corrected chi connectivity index (χ2v) is 7.42. The van der Waals surface area contributed by atoms with Crippen LogP contribution >= 0.6 is 11.8 Å². The van der Waals surface area contributed by atoms with Crippen LogP contribution < -0.4 is 5.56 Å². The molecule has 0 aliphatic heterocycles. The van der Waals surface area contributed by atoms with Crippen LogP contribution in [0.4, 0.5) is 0 Å². The van der Waals surface area contributed by atoms with Gasteiger partial charge in [0.25, 0.3) is 5.56 Å². The fourth-order valence-electron chi connectivity index (χ4n) is 3.07. The second-order valence-electron chi connectivity index (χ2n) is 6.47. The number of Topliss-reactive ketones (excluding diaryl/α,β-unsaturated/α-hetero) is 1. The van der Waals surface area contributed by atoms with E-state index in [0.29, 0.717) is 28.2 Å². The summed E-state index contributed by atoms with van der Waals surface area (Å²) in [6, 6.07) is 16.6. The van der Waals surface area contributed by atoms with Crippen LogP contribution in [0.25, 0.3) is 10.9 Å². The molecule has 1 heterocycles. The molecule has 0 bridgehead atoms. The van der Waals surface area contributed by atoms with Crippen molar-refractivity contribution in [1.29, 1.82) is 0 Å². The van der Waals surface area contributed by atoms with Crippen LogP contribution in [0.1, 0.15) is 24.2 Å². The van der Waals surface area contributed by atoms with Crippen LogP contribution in [0.15, 0.2) is 64.5 Å². The summed E-state index contributed by atoms with van der Waals surface area (Å²) in [6.07, 6.45) is 0. The van der Waals surface area contributed by atoms with Crippen molar-refractivity contribution in [2.45, 2.75) is 25.5 Å². The number of fused-ring (bicyclic) bond motifs is 1. The smallest absolute Gasteiger partial charge is 0.262 e. The number of aromatic nitrogens is 2. The van der Waals surface area contributed by atoms with Gasteiger partial charge in [-0.15, -0.1) is 0 Å². The largest absolute Gasteiger partial charge is 0.302 e. The standard InChI is InChI=1S/C22H25N3O2S/c1-3-24(4-2)14-15-25-21(27)18-12-8-9-13-19(18)23-22(25)28-16-20(26)17-10-6-5-7-11-17/h5-13H,3-4,14-16H2,1-2H3. The lowest BCUT2D eigenvalue weighted by atomic mass is 10.2. The van der Waals surface area contributed by atoms with E-state index in [1.807, 2.05) is 54.6 Å². The minimum atomic E-state index is -0.0487. The Balaban J connectivity index is 1.89. The molecule has 3 aromatic rings. The van der Waals surface area contributed by atoms with Crippen LogP contribution in [0.5, 0.6) is 0 Å². The average molecular weight is 396 g/mol. The summed E-state index contributed by atoms with van der Waals surface area (Å²) in [5.41, 5.74) is 1.29. The predicted octanol–water partition coefficient (Wildman–Crippen LogP) is 3.71. The van der Waals surface area contributed by atoms with E-state index in [2.05, 4.69) is 23.7 Å². The first kappa shape index (κ1) is 20.3. The van der Waals surface area contributed by atoms with Crippen molar-refractivity contribution >= 4 is 28.4 Å². The Kier molecular flexibility index (Phi) is 7.01. The minimum Gasteiger partial charge on any atom is -0.302 e. The highest BCUT2D eigenvalue weighted by atomic mass is 32.2. The molecular formula is C22H25N3O2S. The molecule has 0 unspecified atom stereocenters. The minimum absolute atomic E-state index is 0.0308.